The molecule has 1 aliphatic carbocycles. The number of benzene rings is 1. The quantitative estimate of drug-likeness (QED) is 0.806. The van der Waals surface area contributed by atoms with Crippen molar-refractivity contribution in [2.75, 3.05) is 44.2 Å². The summed E-state index contributed by atoms with van der Waals surface area (Å²) in [6.45, 7) is 7.54. The van der Waals surface area contributed by atoms with Gasteiger partial charge in [-0.25, -0.2) is 0 Å². The molecule has 0 aromatic heterocycles. The molecule has 0 radical (unpaired) electrons. The highest BCUT2D eigenvalue weighted by Crippen LogP contribution is 2.30. The van der Waals surface area contributed by atoms with Crippen LogP contribution in [0.5, 0.6) is 0 Å². The van der Waals surface area contributed by atoms with Gasteiger partial charge in [0.05, 0.1) is 12.5 Å². The fraction of sp³-hybridized carbons (Fsp3) is 0.591. The predicted molar refractivity (Wildman–Crippen MR) is 111 cm³/mol. The number of nitrogens with zero attached hydrogens (tertiary/aromatic N) is 3. The Morgan fingerprint density at radius 2 is 1.83 bits per heavy atom. The van der Waals surface area contributed by atoms with Gasteiger partial charge in [-0.3, -0.25) is 19.3 Å². The van der Waals surface area contributed by atoms with Gasteiger partial charge in [0.1, 0.15) is 0 Å². The van der Waals surface area contributed by atoms with Crippen LogP contribution in [0.2, 0.25) is 0 Å². The van der Waals surface area contributed by atoms with Crippen molar-refractivity contribution in [3.8, 4) is 0 Å². The number of rotatable bonds is 5. The molecule has 1 atom stereocenters. The van der Waals surface area contributed by atoms with Crippen molar-refractivity contribution in [3.05, 3.63) is 29.3 Å². The zero-order valence-electron chi connectivity index (χ0n) is 17.3. The molecule has 2 aliphatic heterocycles. The lowest BCUT2D eigenvalue weighted by molar-refractivity contribution is -0.137. The lowest BCUT2D eigenvalue weighted by Gasteiger charge is -2.35. The lowest BCUT2D eigenvalue weighted by atomic mass is 10.1. The summed E-state index contributed by atoms with van der Waals surface area (Å²) in [5.41, 5.74) is 3.15. The molecular formula is C22H30N4O3. The Labute approximate surface area is 172 Å². The highest BCUT2D eigenvalue weighted by Gasteiger charge is 2.38. The van der Waals surface area contributed by atoms with E-state index >= 15 is 0 Å². The number of carbonyl (C=O) groups is 3. The van der Waals surface area contributed by atoms with E-state index in [1.807, 2.05) is 36.9 Å². The van der Waals surface area contributed by atoms with Gasteiger partial charge in [-0.05, 0) is 43.9 Å². The standard InChI is InChI=1S/C22H30N4O3/c1-15-4-3-5-19(16(15)2)26-13-17(12-21(26)28)22(29)25-10-8-24(9-11-25)14-20(27)23-18-6-7-18/h3-5,17-18H,6-14H2,1-2H3,(H,23,27). The van der Waals surface area contributed by atoms with Crippen LogP contribution in [-0.2, 0) is 14.4 Å². The van der Waals surface area contributed by atoms with E-state index in [0.717, 1.165) is 29.7 Å². The number of nitrogens with one attached hydrogen (secondary N) is 1. The second-order valence-electron chi connectivity index (χ2n) is 8.57. The smallest absolute Gasteiger partial charge is 0.234 e. The molecule has 3 aliphatic rings. The van der Waals surface area contributed by atoms with Gasteiger partial charge in [-0.1, -0.05) is 12.1 Å². The van der Waals surface area contributed by atoms with Crippen molar-refractivity contribution in [3.63, 3.8) is 0 Å². The van der Waals surface area contributed by atoms with Crippen molar-refractivity contribution in [2.24, 2.45) is 5.92 Å². The zero-order chi connectivity index (χ0) is 20.5. The van der Waals surface area contributed by atoms with Crippen LogP contribution in [0.3, 0.4) is 0 Å². The Hall–Kier alpha value is -2.41. The number of hydrogen-bond donors (Lipinski definition) is 1. The summed E-state index contributed by atoms with van der Waals surface area (Å²) in [4.78, 5) is 43.3. The maximum absolute atomic E-state index is 13.0. The van der Waals surface area contributed by atoms with Crippen molar-refractivity contribution in [1.82, 2.24) is 15.1 Å². The van der Waals surface area contributed by atoms with E-state index in [4.69, 9.17) is 0 Å². The van der Waals surface area contributed by atoms with E-state index in [-0.39, 0.29) is 30.1 Å². The minimum absolute atomic E-state index is 0.0208. The summed E-state index contributed by atoms with van der Waals surface area (Å²) >= 11 is 0. The topological polar surface area (TPSA) is 73.0 Å². The molecule has 156 valence electrons. The number of anilines is 1. The third-order valence-corrected chi connectivity index (χ3v) is 6.33. The minimum Gasteiger partial charge on any atom is -0.352 e. The van der Waals surface area contributed by atoms with Crippen LogP contribution in [0.4, 0.5) is 5.69 Å². The Morgan fingerprint density at radius 1 is 1.10 bits per heavy atom. The average molecular weight is 399 g/mol. The molecule has 0 bridgehead atoms. The summed E-state index contributed by atoms with van der Waals surface area (Å²) in [6, 6.07) is 6.33. The molecule has 0 spiro atoms. The van der Waals surface area contributed by atoms with Gasteiger partial charge in [-0.15, -0.1) is 0 Å². The second kappa shape index (κ2) is 8.14. The number of amides is 3. The normalized spacial score (nSPS) is 22.8. The van der Waals surface area contributed by atoms with E-state index in [9.17, 15) is 14.4 Å². The first-order valence-corrected chi connectivity index (χ1v) is 10.6. The number of hydrogen-bond acceptors (Lipinski definition) is 4. The van der Waals surface area contributed by atoms with Gasteiger partial charge in [0, 0.05) is 50.9 Å². The average Bonchev–Trinajstić information content (AvgIpc) is 3.43. The van der Waals surface area contributed by atoms with E-state index in [1.54, 1.807) is 4.90 Å². The van der Waals surface area contributed by atoms with Crippen LogP contribution >= 0.6 is 0 Å². The van der Waals surface area contributed by atoms with Crippen molar-refractivity contribution < 1.29 is 14.4 Å². The van der Waals surface area contributed by atoms with Crippen LogP contribution < -0.4 is 10.2 Å². The van der Waals surface area contributed by atoms with Crippen molar-refractivity contribution in [1.29, 1.82) is 0 Å². The van der Waals surface area contributed by atoms with E-state index in [2.05, 4.69) is 10.2 Å². The van der Waals surface area contributed by atoms with E-state index in [0.29, 0.717) is 45.3 Å². The highest BCUT2D eigenvalue weighted by molar-refractivity contribution is 6.01. The molecule has 1 saturated carbocycles. The predicted octanol–water partition coefficient (Wildman–Crippen LogP) is 1.08. The Balaban J connectivity index is 1.30. The van der Waals surface area contributed by atoms with E-state index in [1.165, 1.54) is 0 Å². The molecule has 4 rings (SSSR count). The molecule has 1 aromatic carbocycles. The fourth-order valence-electron chi connectivity index (χ4n) is 4.22. The van der Waals surface area contributed by atoms with Gasteiger partial charge in [0.2, 0.25) is 17.7 Å². The van der Waals surface area contributed by atoms with Gasteiger partial charge in [0.25, 0.3) is 0 Å². The molecule has 3 fully saturated rings. The first-order chi connectivity index (χ1) is 13.9. The van der Waals surface area contributed by atoms with Crippen molar-refractivity contribution >= 4 is 23.4 Å². The molecule has 2 heterocycles. The van der Waals surface area contributed by atoms with Gasteiger partial charge in [0.15, 0.2) is 0 Å². The molecule has 1 unspecified atom stereocenters. The van der Waals surface area contributed by atoms with Crippen molar-refractivity contribution in [2.45, 2.75) is 39.2 Å². The summed E-state index contributed by atoms with van der Waals surface area (Å²) in [5, 5.41) is 3.01. The third kappa shape index (κ3) is 4.45. The number of piperazine rings is 1. The number of aryl methyl sites for hydroxylation is 1. The monoisotopic (exact) mass is 398 g/mol. The molecular weight excluding hydrogens is 368 g/mol. The first-order valence-electron chi connectivity index (χ1n) is 10.6. The SMILES string of the molecule is Cc1cccc(N2CC(C(=O)N3CCN(CC(=O)NC4CC4)CC3)CC2=O)c1C. The molecule has 1 N–H and O–H groups in total. The highest BCUT2D eigenvalue weighted by atomic mass is 16.2. The van der Waals surface area contributed by atoms with Gasteiger partial charge >= 0.3 is 0 Å². The largest absolute Gasteiger partial charge is 0.352 e. The Bertz CT molecular complexity index is 812. The molecule has 7 nitrogen and oxygen atoms in total. The van der Waals surface area contributed by atoms with Gasteiger partial charge < -0.3 is 15.1 Å². The third-order valence-electron chi connectivity index (χ3n) is 6.33. The summed E-state index contributed by atoms with van der Waals surface area (Å²) in [5.74, 6) is -0.120. The maximum Gasteiger partial charge on any atom is 0.234 e. The Kier molecular flexibility index (Phi) is 5.58. The summed E-state index contributed by atoms with van der Waals surface area (Å²) in [7, 11) is 0. The van der Waals surface area contributed by atoms with Gasteiger partial charge in [-0.2, -0.15) is 0 Å². The zero-order valence-corrected chi connectivity index (χ0v) is 17.3. The molecule has 1 aromatic rings. The molecule has 3 amide bonds. The molecule has 29 heavy (non-hydrogen) atoms. The lowest BCUT2D eigenvalue weighted by Crippen LogP contribution is -2.52. The van der Waals surface area contributed by atoms with Crippen LogP contribution in [-0.4, -0.2) is 72.8 Å². The number of carbonyl (C=O) groups excluding carboxylic acids is 3. The minimum atomic E-state index is -0.285. The Morgan fingerprint density at radius 3 is 2.52 bits per heavy atom. The fourth-order valence-corrected chi connectivity index (χ4v) is 4.22. The summed E-state index contributed by atoms with van der Waals surface area (Å²) in [6.07, 6.45) is 2.46. The van der Waals surface area contributed by atoms with E-state index < -0.39 is 0 Å². The summed E-state index contributed by atoms with van der Waals surface area (Å²) < 4.78 is 0. The van der Waals surface area contributed by atoms with Crippen LogP contribution in [0.25, 0.3) is 0 Å². The second-order valence-corrected chi connectivity index (χ2v) is 8.57. The van der Waals surface area contributed by atoms with Crippen LogP contribution in [0, 0.1) is 19.8 Å². The first kappa shape index (κ1) is 19.9. The molecule has 7 heteroatoms. The van der Waals surface area contributed by atoms with Crippen LogP contribution in [0.1, 0.15) is 30.4 Å². The maximum atomic E-state index is 13.0. The molecule has 2 saturated heterocycles. The van der Waals surface area contributed by atoms with Crippen LogP contribution in [0.15, 0.2) is 18.2 Å².